The molecule has 0 aromatic rings. The highest BCUT2D eigenvalue weighted by atomic mass is 16.0. The van der Waals surface area contributed by atoms with Crippen LogP contribution in [0.3, 0.4) is 0 Å². The van der Waals surface area contributed by atoms with Crippen molar-refractivity contribution in [2.24, 2.45) is 0 Å². The minimum atomic E-state index is 0. The zero-order valence-electron chi connectivity index (χ0n) is 11.7. The summed E-state index contributed by atoms with van der Waals surface area (Å²) in [4.78, 5) is 0. The first-order valence-electron chi connectivity index (χ1n) is 4.91. The summed E-state index contributed by atoms with van der Waals surface area (Å²) in [5, 5.41) is 0. The van der Waals surface area contributed by atoms with E-state index in [0.717, 1.165) is 0 Å². The number of unbranched alkanes of at least 4 members (excludes halogenated alkanes) is 7. The van der Waals surface area contributed by atoms with E-state index in [0.29, 0.717) is 0 Å². The van der Waals surface area contributed by atoms with Crippen molar-refractivity contribution < 1.29 is 43.8 Å². The highest BCUT2D eigenvalue weighted by Crippen LogP contribution is 2.07. The van der Waals surface area contributed by atoms with E-state index in [4.69, 9.17) is 0 Å². The van der Waals surface area contributed by atoms with Gasteiger partial charge in [-0.05, 0) is 0 Å². The molecule has 18 heavy (non-hydrogen) atoms. The molecular weight excluding hydrogens is 248 g/mol. The van der Waals surface area contributed by atoms with Crippen LogP contribution in [-0.2, 0) is 0 Å². The molecule has 0 aliphatic heterocycles. The van der Waals surface area contributed by atoms with Crippen molar-refractivity contribution in [2.45, 2.75) is 65.2 Å². The molecule has 0 spiro atoms. The normalized spacial score (nSPS) is 5.67. The van der Waals surface area contributed by atoms with Crippen LogP contribution in [0.25, 0.3) is 0 Å². The molecular formula is C10H38O8. The van der Waals surface area contributed by atoms with Gasteiger partial charge in [-0.15, -0.1) is 0 Å². The van der Waals surface area contributed by atoms with Crippen LogP contribution in [0.4, 0.5) is 0 Å². The van der Waals surface area contributed by atoms with Crippen molar-refractivity contribution in [3.63, 3.8) is 0 Å². The lowest BCUT2D eigenvalue weighted by atomic mass is 10.1. The molecule has 0 saturated carbocycles. The molecule has 0 radical (unpaired) electrons. The van der Waals surface area contributed by atoms with Gasteiger partial charge in [0.2, 0.25) is 0 Å². The Labute approximate surface area is 110 Å². The maximum absolute atomic E-state index is 2.27. The third-order valence-electron chi connectivity index (χ3n) is 1.96. The lowest BCUT2D eigenvalue weighted by molar-refractivity contribution is 0.585. The summed E-state index contributed by atoms with van der Waals surface area (Å²) in [6, 6.07) is 0. The van der Waals surface area contributed by atoms with Crippen molar-refractivity contribution in [1.29, 1.82) is 0 Å². The summed E-state index contributed by atoms with van der Waals surface area (Å²) in [6.45, 7) is 4.54. The van der Waals surface area contributed by atoms with E-state index in [1.165, 1.54) is 51.4 Å². The Balaban J connectivity index is -0.0000000145. The van der Waals surface area contributed by atoms with Gasteiger partial charge in [0.1, 0.15) is 0 Å². The Morgan fingerprint density at radius 2 is 0.500 bits per heavy atom. The second-order valence-electron chi connectivity index (χ2n) is 3.12. The van der Waals surface area contributed by atoms with Crippen LogP contribution in [0.15, 0.2) is 0 Å². The molecule has 0 unspecified atom stereocenters. The molecule has 16 N–H and O–H groups in total. The third kappa shape index (κ3) is 75.7. The number of hydrogen-bond acceptors (Lipinski definition) is 0. The molecule has 126 valence electrons. The highest BCUT2D eigenvalue weighted by Gasteiger charge is 1.87. The van der Waals surface area contributed by atoms with E-state index >= 15 is 0 Å². The fourth-order valence-electron chi connectivity index (χ4n) is 1.21. The second kappa shape index (κ2) is 69.5. The Bertz CT molecular complexity index is 57.8. The molecule has 0 fully saturated rings. The van der Waals surface area contributed by atoms with Gasteiger partial charge in [0.25, 0.3) is 0 Å². The first-order valence-corrected chi connectivity index (χ1v) is 4.91. The minimum Gasteiger partial charge on any atom is -0.412 e. The van der Waals surface area contributed by atoms with Crippen LogP contribution in [-0.4, -0.2) is 43.8 Å². The zero-order chi connectivity index (χ0) is 7.66. The molecule has 0 heterocycles. The Kier molecular flexibility index (Phi) is 252. The first-order chi connectivity index (χ1) is 4.91. The van der Waals surface area contributed by atoms with Gasteiger partial charge in [0.15, 0.2) is 0 Å². The molecule has 8 heteroatoms. The monoisotopic (exact) mass is 286 g/mol. The molecule has 8 nitrogen and oxygen atoms in total. The molecule has 0 bridgehead atoms. The molecule has 0 aliphatic carbocycles. The van der Waals surface area contributed by atoms with E-state index in [9.17, 15) is 0 Å². The van der Waals surface area contributed by atoms with E-state index in [2.05, 4.69) is 13.8 Å². The number of rotatable bonds is 7. The van der Waals surface area contributed by atoms with Crippen LogP contribution >= 0.6 is 0 Å². The Hall–Kier alpha value is -0.320. The quantitative estimate of drug-likeness (QED) is 0.441. The van der Waals surface area contributed by atoms with E-state index in [1.807, 2.05) is 0 Å². The Morgan fingerprint density at radius 3 is 0.667 bits per heavy atom. The molecule has 0 saturated heterocycles. The second-order valence-corrected chi connectivity index (χ2v) is 3.12. The van der Waals surface area contributed by atoms with Crippen molar-refractivity contribution in [3.8, 4) is 0 Å². The smallest absolute Gasteiger partial charge is 0.0533 e. The van der Waals surface area contributed by atoms with E-state index < -0.39 is 0 Å². The first kappa shape index (κ1) is 65.3. The Morgan fingerprint density at radius 1 is 0.333 bits per heavy atom. The summed E-state index contributed by atoms with van der Waals surface area (Å²) in [5.74, 6) is 0. The molecule has 0 atom stereocenters. The molecule has 0 rings (SSSR count). The minimum absolute atomic E-state index is 0. The van der Waals surface area contributed by atoms with Crippen molar-refractivity contribution >= 4 is 0 Å². The summed E-state index contributed by atoms with van der Waals surface area (Å²) < 4.78 is 0. The van der Waals surface area contributed by atoms with Crippen LogP contribution < -0.4 is 0 Å². The summed E-state index contributed by atoms with van der Waals surface area (Å²) in [5.41, 5.74) is 0. The van der Waals surface area contributed by atoms with Crippen molar-refractivity contribution in [2.75, 3.05) is 0 Å². The SMILES string of the molecule is CCCCCCCCCC.O.O.O.O.O.O.O.O. The predicted molar refractivity (Wildman–Crippen MR) is 77.2 cm³/mol. The van der Waals surface area contributed by atoms with E-state index in [1.54, 1.807) is 0 Å². The lowest BCUT2D eigenvalue weighted by Crippen LogP contribution is -1.77. The predicted octanol–water partition coefficient (Wildman–Crippen LogP) is -2.45. The van der Waals surface area contributed by atoms with Crippen molar-refractivity contribution in [1.82, 2.24) is 0 Å². The maximum Gasteiger partial charge on any atom is -0.0533 e. The van der Waals surface area contributed by atoms with Gasteiger partial charge in [-0.2, -0.15) is 0 Å². The van der Waals surface area contributed by atoms with Gasteiger partial charge in [-0.25, -0.2) is 0 Å². The molecule has 0 aromatic heterocycles. The van der Waals surface area contributed by atoms with Gasteiger partial charge in [0, 0.05) is 0 Å². The largest absolute Gasteiger partial charge is 0.412 e. The van der Waals surface area contributed by atoms with Gasteiger partial charge in [0.05, 0.1) is 0 Å². The lowest BCUT2D eigenvalue weighted by Gasteiger charge is -1.97. The maximum atomic E-state index is 2.27. The summed E-state index contributed by atoms with van der Waals surface area (Å²) >= 11 is 0. The third-order valence-corrected chi connectivity index (χ3v) is 1.96. The fourth-order valence-corrected chi connectivity index (χ4v) is 1.21. The van der Waals surface area contributed by atoms with Gasteiger partial charge < -0.3 is 43.8 Å². The van der Waals surface area contributed by atoms with Crippen molar-refractivity contribution in [3.05, 3.63) is 0 Å². The van der Waals surface area contributed by atoms with Crippen LogP contribution in [0, 0.1) is 0 Å². The fraction of sp³-hybridized carbons (Fsp3) is 1.00. The molecule has 0 aliphatic rings. The summed E-state index contributed by atoms with van der Waals surface area (Å²) in [7, 11) is 0. The van der Waals surface area contributed by atoms with Crippen LogP contribution in [0.1, 0.15) is 65.2 Å². The average molecular weight is 286 g/mol. The topological polar surface area (TPSA) is 252 Å². The van der Waals surface area contributed by atoms with Gasteiger partial charge >= 0.3 is 0 Å². The number of hydrogen-bond donors (Lipinski definition) is 0. The van der Waals surface area contributed by atoms with Gasteiger partial charge in [-0.1, -0.05) is 65.2 Å². The van der Waals surface area contributed by atoms with Crippen LogP contribution in [0.5, 0.6) is 0 Å². The standard InChI is InChI=1S/C10H22.8H2O/c1-3-5-7-9-10-8-6-4-2;;;;;;;;/h3-10H2,1-2H3;8*1H2. The van der Waals surface area contributed by atoms with E-state index in [-0.39, 0.29) is 43.8 Å². The molecule has 0 amide bonds. The van der Waals surface area contributed by atoms with Crippen LogP contribution in [0.2, 0.25) is 0 Å². The molecule has 0 aromatic carbocycles. The van der Waals surface area contributed by atoms with Gasteiger partial charge in [-0.3, -0.25) is 0 Å². The average Bonchev–Trinajstić information content (AvgIpc) is 1.97. The summed E-state index contributed by atoms with van der Waals surface area (Å²) in [6.07, 6.45) is 11.5. The zero-order valence-corrected chi connectivity index (χ0v) is 11.7. The highest BCUT2D eigenvalue weighted by molar-refractivity contribution is 4.43.